The van der Waals surface area contributed by atoms with E-state index in [9.17, 15) is 4.79 Å². The number of Topliss-reactive ketones (excluding diaryl/α,β-unsaturated/α-hetero) is 1. The third-order valence-corrected chi connectivity index (χ3v) is 6.88. The number of benzene rings is 1. The number of nitrogens with one attached hydrogen (secondary N) is 2. The van der Waals surface area contributed by atoms with Gasteiger partial charge < -0.3 is 10.6 Å². The lowest BCUT2D eigenvalue weighted by molar-refractivity contribution is 0.0950. The summed E-state index contributed by atoms with van der Waals surface area (Å²) in [7, 11) is 0. The van der Waals surface area contributed by atoms with Crippen molar-refractivity contribution in [2.45, 2.75) is 58.8 Å². The Labute approximate surface area is 201 Å². The van der Waals surface area contributed by atoms with Gasteiger partial charge in [0.05, 0.1) is 11.1 Å². The highest BCUT2D eigenvalue weighted by atomic mass is 35.5. The number of halogens is 1. The Hall–Kier alpha value is -2.44. The predicted molar refractivity (Wildman–Crippen MR) is 136 cm³/mol. The molecular weight excluding hydrogens is 434 g/mol. The zero-order chi connectivity index (χ0) is 23.2. The van der Waals surface area contributed by atoms with E-state index in [0.29, 0.717) is 28.7 Å². The molecule has 4 rings (SSSR count). The summed E-state index contributed by atoms with van der Waals surface area (Å²) in [5.41, 5.74) is 2.94. The van der Waals surface area contributed by atoms with Crippen LogP contribution in [0.3, 0.4) is 0 Å². The lowest BCUT2D eigenvalue weighted by Crippen LogP contribution is -2.31. The normalized spacial score (nSPS) is 16.3. The van der Waals surface area contributed by atoms with Gasteiger partial charge in [-0.05, 0) is 75.0 Å². The monoisotopic (exact) mass is 467 g/mol. The van der Waals surface area contributed by atoms with Crippen molar-refractivity contribution in [2.75, 3.05) is 25.0 Å². The molecule has 2 N–H and O–H groups in total. The van der Waals surface area contributed by atoms with Crippen LogP contribution in [0.4, 0.5) is 5.82 Å². The molecule has 2 aromatic heterocycles. The van der Waals surface area contributed by atoms with Gasteiger partial charge in [0.15, 0.2) is 11.4 Å². The lowest BCUT2D eigenvalue weighted by atomic mass is 9.93. The summed E-state index contributed by atoms with van der Waals surface area (Å²) in [5, 5.41) is 13.1. The van der Waals surface area contributed by atoms with Gasteiger partial charge >= 0.3 is 0 Å². The van der Waals surface area contributed by atoms with E-state index in [1.54, 1.807) is 4.68 Å². The molecule has 7 heteroatoms. The molecule has 1 unspecified atom stereocenters. The summed E-state index contributed by atoms with van der Waals surface area (Å²) in [6.07, 6.45) is 7.48. The van der Waals surface area contributed by atoms with Crippen LogP contribution in [0, 0.1) is 12.8 Å². The average molecular weight is 468 g/mol. The molecule has 1 atom stereocenters. The summed E-state index contributed by atoms with van der Waals surface area (Å²) in [6.45, 7) is 6.99. The number of pyridine rings is 1. The van der Waals surface area contributed by atoms with Crippen LogP contribution in [0.15, 0.2) is 30.3 Å². The zero-order valence-corrected chi connectivity index (χ0v) is 20.4. The molecule has 3 heterocycles. The van der Waals surface area contributed by atoms with Crippen LogP contribution in [-0.2, 0) is 0 Å². The SMILES string of the molecule is CCCCCCNc1ccc2c(C(=O)CC3CCCNC3)nn(-c3cccc(Cl)c3C)c2n1. The van der Waals surface area contributed by atoms with Gasteiger partial charge in [-0.25, -0.2) is 9.67 Å². The first kappa shape index (κ1) is 23.7. The number of piperidine rings is 1. The molecule has 0 bridgehead atoms. The Bertz CT molecular complexity index is 1100. The fourth-order valence-corrected chi connectivity index (χ4v) is 4.69. The molecule has 1 aliphatic heterocycles. The smallest absolute Gasteiger partial charge is 0.184 e. The minimum atomic E-state index is 0.0780. The Kier molecular flexibility index (Phi) is 7.99. The molecule has 1 saturated heterocycles. The maximum atomic E-state index is 13.3. The number of hydrogen-bond donors (Lipinski definition) is 2. The van der Waals surface area contributed by atoms with E-state index in [1.165, 1.54) is 19.3 Å². The van der Waals surface area contributed by atoms with Crippen molar-refractivity contribution in [3.63, 3.8) is 0 Å². The average Bonchev–Trinajstić information content (AvgIpc) is 3.20. The zero-order valence-electron chi connectivity index (χ0n) is 19.7. The van der Waals surface area contributed by atoms with Crippen LogP contribution in [0.5, 0.6) is 0 Å². The molecule has 6 nitrogen and oxygen atoms in total. The summed E-state index contributed by atoms with van der Waals surface area (Å²) in [4.78, 5) is 18.2. The molecule has 3 aromatic rings. The maximum Gasteiger partial charge on any atom is 0.184 e. The Morgan fingerprint density at radius 1 is 1.24 bits per heavy atom. The van der Waals surface area contributed by atoms with Crippen molar-refractivity contribution in [3.05, 3.63) is 46.6 Å². The number of nitrogens with zero attached hydrogens (tertiary/aromatic N) is 3. The van der Waals surface area contributed by atoms with Gasteiger partial charge in [-0.1, -0.05) is 43.9 Å². The van der Waals surface area contributed by atoms with Gasteiger partial charge in [0.1, 0.15) is 11.5 Å². The predicted octanol–water partition coefficient (Wildman–Crippen LogP) is 5.95. The van der Waals surface area contributed by atoms with Crippen molar-refractivity contribution < 1.29 is 4.79 Å². The highest BCUT2D eigenvalue weighted by Crippen LogP contribution is 2.29. The molecule has 0 aliphatic carbocycles. The number of unbranched alkanes of at least 4 members (excludes halogenated alkanes) is 3. The third kappa shape index (κ3) is 5.56. The number of ketones is 1. The number of carbonyl (C=O) groups excluding carboxylic acids is 1. The minimum Gasteiger partial charge on any atom is -0.370 e. The highest BCUT2D eigenvalue weighted by molar-refractivity contribution is 6.31. The molecule has 1 aliphatic rings. The second-order valence-electron chi connectivity index (χ2n) is 9.04. The topological polar surface area (TPSA) is 71.8 Å². The molecule has 0 saturated carbocycles. The van der Waals surface area contributed by atoms with E-state index >= 15 is 0 Å². The fraction of sp³-hybridized carbons (Fsp3) is 0.500. The molecule has 33 heavy (non-hydrogen) atoms. The standard InChI is InChI=1S/C26H34ClN5O/c1-3-4-5-6-15-29-24-13-12-20-25(23(33)16-19-9-8-14-28-17-19)31-32(26(20)30-24)22-11-7-10-21(27)18(22)2/h7,10-13,19,28H,3-6,8-9,14-17H2,1-2H3,(H,29,30). The molecule has 176 valence electrons. The van der Waals surface area contributed by atoms with Crippen molar-refractivity contribution in [3.8, 4) is 5.69 Å². The quantitative estimate of drug-likeness (QED) is 0.285. The van der Waals surface area contributed by atoms with Gasteiger partial charge in [-0.2, -0.15) is 5.10 Å². The lowest BCUT2D eigenvalue weighted by Gasteiger charge is -2.21. The molecule has 0 amide bonds. The van der Waals surface area contributed by atoms with E-state index in [4.69, 9.17) is 21.7 Å². The van der Waals surface area contributed by atoms with Gasteiger partial charge in [-0.3, -0.25) is 4.79 Å². The third-order valence-electron chi connectivity index (χ3n) is 6.47. The minimum absolute atomic E-state index is 0.0780. The van der Waals surface area contributed by atoms with Crippen LogP contribution in [0.2, 0.25) is 5.02 Å². The molecule has 1 fully saturated rings. The van der Waals surface area contributed by atoms with E-state index in [2.05, 4.69) is 17.6 Å². The number of hydrogen-bond acceptors (Lipinski definition) is 5. The largest absolute Gasteiger partial charge is 0.370 e. The second kappa shape index (κ2) is 11.1. The second-order valence-corrected chi connectivity index (χ2v) is 9.45. The summed E-state index contributed by atoms with van der Waals surface area (Å²) < 4.78 is 1.78. The molecular formula is C26H34ClN5O. The van der Waals surface area contributed by atoms with Crippen LogP contribution in [-0.4, -0.2) is 40.2 Å². The Morgan fingerprint density at radius 2 is 2.12 bits per heavy atom. The Morgan fingerprint density at radius 3 is 2.91 bits per heavy atom. The first-order valence-electron chi connectivity index (χ1n) is 12.2. The van der Waals surface area contributed by atoms with Crippen molar-refractivity contribution in [1.82, 2.24) is 20.1 Å². The molecule has 0 radical (unpaired) electrons. The van der Waals surface area contributed by atoms with Crippen LogP contribution < -0.4 is 10.6 Å². The molecule has 0 spiro atoms. The summed E-state index contributed by atoms with van der Waals surface area (Å²) in [6, 6.07) is 9.68. The number of fused-ring (bicyclic) bond motifs is 1. The summed E-state index contributed by atoms with van der Waals surface area (Å²) in [5.74, 6) is 1.24. The van der Waals surface area contributed by atoms with E-state index in [0.717, 1.165) is 61.4 Å². The van der Waals surface area contributed by atoms with Crippen LogP contribution in [0.25, 0.3) is 16.7 Å². The number of rotatable bonds is 10. The highest BCUT2D eigenvalue weighted by Gasteiger charge is 2.24. The first-order chi connectivity index (χ1) is 16.1. The maximum absolute atomic E-state index is 13.3. The van der Waals surface area contributed by atoms with E-state index in [-0.39, 0.29) is 5.78 Å². The summed E-state index contributed by atoms with van der Waals surface area (Å²) >= 11 is 6.41. The fourth-order valence-electron chi connectivity index (χ4n) is 4.52. The van der Waals surface area contributed by atoms with Gasteiger partial charge in [-0.15, -0.1) is 0 Å². The van der Waals surface area contributed by atoms with Crippen molar-refractivity contribution in [1.29, 1.82) is 0 Å². The number of aromatic nitrogens is 3. The Balaban J connectivity index is 1.67. The van der Waals surface area contributed by atoms with Crippen LogP contribution >= 0.6 is 11.6 Å². The van der Waals surface area contributed by atoms with Gasteiger partial charge in [0.2, 0.25) is 0 Å². The van der Waals surface area contributed by atoms with Crippen molar-refractivity contribution >= 4 is 34.2 Å². The van der Waals surface area contributed by atoms with E-state index < -0.39 is 0 Å². The van der Waals surface area contributed by atoms with Gasteiger partial charge in [0, 0.05) is 18.0 Å². The number of carbonyl (C=O) groups is 1. The first-order valence-corrected chi connectivity index (χ1v) is 12.6. The van der Waals surface area contributed by atoms with Gasteiger partial charge in [0.25, 0.3) is 0 Å². The number of anilines is 1. The van der Waals surface area contributed by atoms with E-state index in [1.807, 2.05) is 37.3 Å². The van der Waals surface area contributed by atoms with Crippen molar-refractivity contribution in [2.24, 2.45) is 5.92 Å². The van der Waals surface area contributed by atoms with Crippen LogP contribution in [0.1, 0.15) is 67.9 Å². The molecule has 1 aromatic carbocycles.